The SMILES string of the molecule is Cc1ccccc1Sc1c(Cl)cccc1CCN. The fourth-order valence-electron chi connectivity index (χ4n) is 1.80. The highest BCUT2D eigenvalue weighted by Crippen LogP contribution is 2.37. The highest BCUT2D eigenvalue weighted by molar-refractivity contribution is 7.99. The summed E-state index contributed by atoms with van der Waals surface area (Å²) in [5.74, 6) is 0. The zero-order valence-electron chi connectivity index (χ0n) is 10.3. The van der Waals surface area contributed by atoms with Gasteiger partial charge in [0.15, 0.2) is 0 Å². The zero-order valence-corrected chi connectivity index (χ0v) is 11.9. The van der Waals surface area contributed by atoms with E-state index < -0.39 is 0 Å². The van der Waals surface area contributed by atoms with E-state index in [0.29, 0.717) is 6.54 Å². The predicted molar refractivity (Wildman–Crippen MR) is 79.5 cm³/mol. The molecule has 0 unspecified atom stereocenters. The van der Waals surface area contributed by atoms with Crippen molar-refractivity contribution in [3.63, 3.8) is 0 Å². The van der Waals surface area contributed by atoms with Gasteiger partial charge in [-0.15, -0.1) is 0 Å². The van der Waals surface area contributed by atoms with Crippen molar-refractivity contribution in [1.82, 2.24) is 0 Å². The van der Waals surface area contributed by atoms with Crippen molar-refractivity contribution in [1.29, 1.82) is 0 Å². The molecule has 0 spiro atoms. The highest BCUT2D eigenvalue weighted by Gasteiger charge is 2.09. The Morgan fingerprint density at radius 1 is 1.11 bits per heavy atom. The van der Waals surface area contributed by atoms with Crippen LogP contribution in [0.15, 0.2) is 52.3 Å². The van der Waals surface area contributed by atoms with E-state index >= 15 is 0 Å². The summed E-state index contributed by atoms with van der Waals surface area (Å²) in [6, 6.07) is 14.3. The van der Waals surface area contributed by atoms with Crippen LogP contribution in [0.5, 0.6) is 0 Å². The fourth-order valence-corrected chi connectivity index (χ4v) is 3.17. The molecule has 2 aromatic carbocycles. The summed E-state index contributed by atoms with van der Waals surface area (Å²) in [5.41, 5.74) is 8.14. The van der Waals surface area contributed by atoms with Gasteiger partial charge < -0.3 is 5.73 Å². The van der Waals surface area contributed by atoms with E-state index in [1.165, 1.54) is 16.0 Å². The second-order valence-electron chi connectivity index (χ2n) is 4.13. The lowest BCUT2D eigenvalue weighted by Gasteiger charge is -2.11. The van der Waals surface area contributed by atoms with Crippen molar-refractivity contribution in [3.05, 3.63) is 58.6 Å². The molecule has 94 valence electrons. The maximum Gasteiger partial charge on any atom is 0.0548 e. The number of benzene rings is 2. The average Bonchev–Trinajstić information content (AvgIpc) is 2.36. The van der Waals surface area contributed by atoms with Crippen LogP contribution in [0.3, 0.4) is 0 Å². The van der Waals surface area contributed by atoms with Crippen LogP contribution in [-0.4, -0.2) is 6.54 Å². The number of halogens is 1. The molecule has 0 saturated heterocycles. The third-order valence-electron chi connectivity index (χ3n) is 2.77. The minimum absolute atomic E-state index is 0.641. The molecular formula is C15H16ClNS. The zero-order chi connectivity index (χ0) is 13.0. The first-order valence-electron chi connectivity index (χ1n) is 5.93. The van der Waals surface area contributed by atoms with Crippen LogP contribution >= 0.6 is 23.4 Å². The van der Waals surface area contributed by atoms with E-state index in [2.05, 4.69) is 31.2 Å². The number of hydrogen-bond donors (Lipinski definition) is 1. The molecule has 0 atom stereocenters. The fraction of sp³-hybridized carbons (Fsp3) is 0.200. The molecule has 0 fully saturated rings. The molecule has 3 heteroatoms. The minimum atomic E-state index is 0.641. The van der Waals surface area contributed by atoms with Crippen LogP contribution in [0.4, 0.5) is 0 Å². The standard InChI is InChI=1S/C15H16ClNS/c1-11-5-2-3-8-14(11)18-15-12(9-10-17)6-4-7-13(15)16/h2-8H,9-10,17H2,1H3. The lowest BCUT2D eigenvalue weighted by atomic mass is 10.1. The van der Waals surface area contributed by atoms with Gasteiger partial charge in [-0.2, -0.15) is 0 Å². The Morgan fingerprint density at radius 2 is 1.89 bits per heavy atom. The first-order valence-corrected chi connectivity index (χ1v) is 7.12. The molecule has 0 radical (unpaired) electrons. The molecule has 2 N–H and O–H groups in total. The quantitative estimate of drug-likeness (QED) is 0.902. The molecule has 0 aliphatic rings. The summed E-state index contributed by atoms with van der Waals surface area (Å²) in [4.78, 5) is 2.36. The number of aryl methyl sites for hydroxylation is 1. The summed E-state index contributed by atoms with van der Waals surface area (Å²) >= 11 is 8.03. The Balaban J connectivity index is 2.36. The van der Waals surface area contributed by atoms with Gasteiger partial charge in [-0.05, 0) is 43.1 Å². The third-order valence-corrected chi connectivity index (χ3v) is 4.56. The number of hydrogen-bond acceptors (Lipinski definition) is 2. The third kappa shape index (κ3) is 3.08. The Labute approximate surface area is 117 Å². The van der Waals surface area contributed by atoms with Gasteiger partial charge in [-0.1, -0.05) is 53.7 Å². The minimum Gasteiger partial charge on any atom is -0.330 e. The topological polar surface area (TPSA) is 26.0 Å². The van der Waals surface area contributed by atoms with Gasteiger partial charge in [0.1, 0.15) is 0 Å². The van der Waals surface area contributed by atoms with Gasteiger partial charge in [-0.25, -0.2) is 0 Å². The molecular weight excluding hydrogens is 262 g/mol. The van der Waals surface area contributed by atoms with Gasteiger partial charge in [0.05, 0.1) is 5.02 Å². The molecule has 0 bridgehead atoms. The molecule has 18 heavy (non-hydrogen) atoms. The van der Waals surface area contributed by atoms with Crippen molar-refractivity contribution < 1.29 is 0 Å². The summed E-state index contributed by atoms with van der Waals surface area (Å²) < 4.78 is 0. The van der Waals surface area contributed by atoms with E-state index in [0.717, 1.165) is 16.3 Å². The lowest BCUT2D eigenvalue weighted by molar-refractivity contribution is 0.944. The normalized spacial score (nSPS) is 10.6. The van der Waals surface area contributed by atoms with Crippen molar-refractivity contribution >= 4 is 23.4 Å². The summed E-state index contributed by atoms with van der Waals surface area (Å²) in [7, 11) is 0. The second kappa shape index (κ2) is 6.28. The van der Waals surface area contributed by atoms with Crippen LogP contribution in [-0.2, 0) is 6.42 Å². The van der Waals surface area contributed by atoms with Crippen LogP contribution < -0.4 is 5.73 Å². The molecule has 1 nitrogen and oxygen atoms in total. The summed E-state index contributed by atoms with van der Waals surface area (Å²) in [6.07, 6.45) is 0.856. The first kappa shape index (κ1) is 13.5. The molecule has 0 aliphatic carbocycles. The van der Waals surface area contributed by atoms with E-state index in [-0.39, 0.29) is 0 Å². The number of nitrogens with two attached hydrogens (primary N) is 1. The first-order chi connectivity index (χ1) is 8.72. The molecule has 0 saturated carbocycles. The molecule has 0 aromatic heterocycles. The maximum absolute atomic E-state index is 6.31. The summed E-state index contributed by atoms with van der Waals surface area (Å²) in [5, 5.41) is 0.800. The van der Waals surface area contributed by atoms with Crippen LogP contribution in [0.1, 0.15) is 11.1 Å². The van der Waals surface area contributed by atoms with Crippen LogP contribution in [0.25, 0.3) is 0 Å². The molecule has 0 heterocycles. The average molecular weight is 278 g/mol. The largest absolute Gasteiger partial charge is 0.330 e. The highest BCUT2D eigenvalue weighted by atomic mass is 35.5. The van der Waals surface area contributed by atoms with E-state index in [9.17, 15) is 0 Å². The van der Waals surface area contributed by atoms with Crippen molar-refractivity contribution in [2.24, 2.45) is 5.73 Å². The molecule has 2 rings (SSSR count). The van der Waals surface area contributed by atoms with Crippen LogP contribution in [0.2, 0.25) is 5.02 Å². The number of rotatable bonds is 4. The Morgan fingerprint density at radius 3 is 2.61 bits per heavy atom. The molecule has 0 aliphatic heterocycles. The van der Waals surface area contributed by atoms with Gasteiger partial charge in [-0.3, -0.25) is 0 Å². The Bertz CT molecular complexity index is 540. The van der Waals surface area contributed by atoms with Crippen LogP contribution in [0, 0.1) is 6.92 Å². The Hall–Kier alpha value is -0.960. The van der Waals surface area contributed by atoms with Crippen molar-refractivity contribution in [2.45, 2.75) is 23.1 Å². The lowest BCUT2D eigenvalue weighted by Crippen LogP contribution is -2.03. The van der Waals surface area contributed by atoms with Gasteiger partial charge >= 0.3 is 0 Å². The molecule has 0 amide bonds. The second-order valence-corrected chi connectivity index (χ2v) is 5.59. The van der Waals surface area contributed by atoms with Gasteiger partial charge in [0.25, 0.3) is 0 Å². The Kier molecular flexibility index (Phi) is 4.70. The van der Waals surface area contributed by atoms with Crippen molar-refractivity contribution in [2.75, 3.05) is 6.54 Å². The van der Waals surface area contributed by atoms with Gasteiger partial charge in [0, 0.05) is 9.79 Å². The van der Waals surface area contributed by atoms with E-state index in [1.807, 2.05) is 18.2 Å². The predicted octanol–water partition coefficient (Wildman–Crippen LogP) is 4.30. The monoisotopic (exact) mass is 277 g/mol. The van der Waals surface area contributed by atoms with Gasteiger partial charge in [0.2, 0.25) is 0 Å². The molecule has 2 aromatic rings. The maximum atomic E-state index is 6.31. The summed E-state index contributed by atoms with van der Waals surface area (Å²) in [6.45, 7) is 2.75. The van der Waals surface area contributed by atoms with E-state index in [1.54, 1.807) is 11.8 Å². The van der Waals surface area contributed by atoms with Crippen molar-refractivity contribution in [3.8, 4) is 0 Å². The van der Waals surface area contributed by atoms with E-state index in [4.69, 9.17) is 17.3 Å². The smallest absolute Gasteiger partial charge is 0.0548 e.